The molecule has 48 valence electrons. The van der Waals surface area contributed by atoms with E-state index in [1.807, 2.05) is 6.20 Å². The highest BCUT2D eigenvalue weighted by Crippen LogP contribution is 2.09. The molecule has 9 heavy (non-hydrogen) atoms. The highest BCUT2D eigenvalue weighted by molar-refractivity contribution is 9.10. The van der Waals surface area contributed by atoms with Crippen molar-refractivity contribution in [1.29, 1.82) is 0 Å². The molecular formula is C7H8BrN. The Morgan fingerprint density at radius 1 is 1.56 bits per heavy atom. The molecule has 0 fully saturated rings. The molecule has 0 N–H and O–H groups in total. The van der Waals surface area contributed by atoms with Crippen LogP contribution in [0.5, 0.6) is 0 Å². The van der Waals surface area contributed by atoms with E-state index in [4.69, 9.17) is 0 Å². The zero-order valence-corrected chi connectivity index (χ0v) is 6.85. The van der Waals surface area contributed by atoms with E-state index in [0.717, 1.165) is 10.9 Å². The van der Waals surface area contributed by atoms with Gasteiger partial charge in [0.15, 0.2) is 0 Å². The van der Waals surface area contributed by atoms with Gasteiger partial charge in [-0.2, -0.15) is 0 Å². The first kappa shape index (κ1) is 6.75. The summed E-state index contributed by atoms with van der Waals surface area (Å²) >= 11 is 3.34. The standard InChI is InChI=1S/C7H8BrN/c1-2-6-3-7(8)5-9-4-6/h3-5H,2H2,1H3. The summed E-state index contributed by atoms with van der Waals surface area (Å²) in [6.07, 6.45) is 4.72. The molecule has 0 bridgehead atoms. The zero-order chi connectivity index (χ0) is 6.69. The van der Waals surface area contributed by atoms with Crippen molar-refractivity contribution in [2.45, 2.75) is 13.3 Å². The van der Waals surface area contributed by atoms with Crippen LogP contribution in [0.3, 0.4) is 0 Å². The molecule has 2 heteroatoms. The van der Waals surface area contributed by atoms with E-state index in [-0.39, 0.29) is 0 Å². The molecule has 0 aliphatic carbocycles. The van der Waals surface area contributed by atoms with Gasteiger partial charge in [0.25, 0.3) is 0 Å². The summed E-state index contributed by atoms with van der Waals surface area (Å²) in [5.41, 5.74) is 1.27. The monoisotopic (exact) mass is 185 g/mol. The summed E-state index contributed by atoms with van der Waals surface area (Å²) in [5, 5.41) is 0. The van der Waals surface area contributed by atoms with Gasteiger partial charge in [-0.1, -0.05) is 6.92 Å². The lowest BCUT2D eigenvalue weighted by molar-refractivity contribution is 1.10. The minimum absolute atomic E-state index is 1.05. The molecule has 1 nitrogen and oxygen atoms in total. The van der Waals surface area contributed by atoms with Gasteiger partial charge in [0.05, 0.1) is 0 Å². The minimum atomic E-state index is 1.05. The molecule has 0 aromatic carbocycles. The number of aryl methyl sites for hydroxylation is 1. The van der Waals surface area contributed by atoms with E-state index >= 15 is 0 Å². The van der Waals surface area contributed by atoms with E-state index in [1.54, 1.807) is 6.20 Å². The van der Waals surface area contributed by atoms with Gasteiger partial charge in [0.1, 0.15) is 0 Å². The lowest BCUT2D eigenvalue weighted by Crippen LogP contribution is -1.80. The molecule has 0 amide bonds. The van der Waals surface area contributed by atoms with E-state index in [2.05, 4.69) is 33.9 Å². The number of halogens is 1. The molecule has 0 aliphatic heterocycles. The van der Waals surface area contributed by atoms with Crippen LogP contribution < -0.4 is 0 Å². The number of rotatable bonds is 1. The predicted octanol–water partition coefficient (Wildman–Crippen LogP) is 2.41. The molecule has 0 radical (unpaired) electrons. The third-order valence-corrected chi connectivity index (χ3v) is 1.60. The normalized spacial score (nSPS) is 9.56. The maximum atomic E-state index is 4.01. The lowest BCUT2D eigenvalue weighted by Gasteiger charge is -1.93. The van der Waals surface area contributed by atoms with Gasteiger partial charge < -0.3 is 0 Å². The highest BCUT2D eigenvalue weighted by Gasteiger charge is 1.88. The topological polar surface area (TPSA) is 12.9 Å². The minimum Gasteiger partial charge on any atom is -0.263 e. The predicted molar refractivity (Wildman–Crippen MR) is 41.3 cm³/mol. The number of aromatic nitrogens is 1. The summed E-state index contributed by atoms with van der Waals surface area (Å²) in [6.45, 7) is 2.11. The van der Waals surface area contributed by atoms with Crippen LogP contribution in [0.4, 0.5) is 0 Å². The fraction of sp³-hybridized carbons (Fsp3) is 0.286. The molecule has 0 saturated carbocycles. The first-order valence-electron chi connectivity index (χ1n) is 2.92. The number of nitrogens with zero attached hydrogens (tertiary/aromatic N) is 1. The first-order valence-corrected chi connectivity index (χ1v) is 3.71. The van der Waals surface area contributed by atoms with Crippen molar-refractivity contribution in [2.75, 3.05) is 0 Å². The summed E-state index contributed by atoms with van der Waals surface area (Å²) in [5.74, 6) is 0. The second kappa shape index (κ2) is 2.97. The number of hydrogen-bond donors (Lipinski definition) is 0. The highest BCUT2D eigenvalue weighted by atomic mass is 79.9. The third-order valence-electron chi connectivity index (χ3n) is 1.17. The van der Waals surface area contributed by atoms with Gasteiger partial charge in [0.2, 0.25) is 0 Å². The molecule has 0 unspecified atom stereocenters. The molecule has 0 saturated heterocycles. The molecule has 1 aromatic rings. The second-order valence-corrected chi connectivity index (χ2v) is 2.78. The lowest BCUT2D eigenvalue weighted by atomic mass is 10.2. The van der Waals surface area contributed by atoms with Crippen LogP contribution in [0.2, 0.25) is 0 Å². The van der Waals surface area contributed by atoms with E-state index in [9.17, 15) is 0 Å². The fourth-order valence-electron chi connectivity index (χ4n) is 0.649. The third kappa shape index (κ3) is 1.79. The first-order chi connectivity index (χ1) is 4.33. The Labute approximate surface area is 63.2 Å². The smallest absolute Gasteiger partial charge is 0.0410 e. The number of pyridine rings is 1. The Hall–Kier alpha value is -0.370. The molecule has 1 rings (SSSR count). The van der Waals surface area contributed by atoms with Gasteiger partial charge in [-0.3, -0.25) is 4.98 Å². The maximum Gasteiger partial charge on any atom is 0.0410 e. The Morgan fingerprint density at radius 3 is 2.78 bits per heavy atom. The Bertz CT molecular complexity index is 198. The van der Waals surface area contributed by atoms with Gasteiger partial charge in [0, 0.05) is 16.9 Å². The average molecular weight is 186 g/mol. The van der Waals surface area contributed by atoms with Crippen molar-refractivity contribution in [1.82, 2.24) is 4.98 Å². The van der Waals surface area contributed by atoms with Crippen LogP contribution in [0.25, 0.3) is 0 Å². The van der Waals surface area contributed by atoms with Crippen LogP contribution in [0.1, 0.15) is 12.5 Å². The molecule has 1 heterocycles. The van der Waals surface area contributed by atoms with Crippen LogP contribution >= 0.6 is 15.9 Å². The Balaban J connectivity index is 2.94. The van der Waals surface area contributed by atoms with Crippen molar-refractivity contribution in [3.05, 3.63) is 28.5 Å². The summed E-state index contributed by atoms with van der Waals surface area (Å²) in [6, 6.07) is 2.08. The molecule has 0 aliphatic rings. The molecule has 1 aromatic heterocycles. The van der Waals surface area contributed by atoms with Crippen LogP contribution in [-0.4, -0.2) is 4.98 Å². The largest absolute Gasteiger partial charge is 0.263 e. The van der Waals surface area contributed by atoms with Crippen molar-refractivity contribution in [2.24, 2.45) is 0 Å². The fourth-order valence-corrected chi connectivity index (χ4v) is 1.06. The SMILES string of the molecule is CCc1cncc(Br)c1. The van der Waals surface area contributed by atoms with Gasteiger partial charge >= 0.3 is 0 Å². The van der Waals surface area contributed by atoms with E-state index in [1.165, 1.54) is 5.56 Å². The Kier molecular flexibility index (Phi) is 2.22. The average Bonchev–Trinajstić information content (AvgIpc) is 1.88. The number of hydrogen-bond acceptors (Lipinski definition) is 1. The van der Waals surface area contributed by atoms with Crippen LogP contribution in [0.15, 0.2) is 22.9 Å². The van der Waals surface area contributed by atoms with E-state index in [0.29, 0.717) is 0 Å². The summed E-state index contributed by atoms with van der Waals surface area (Å²) in [4.78, 5) is 4.01. The van der Waals surface area contributed by atoms with Crippen molar-refractivity contribution >= 4 is 15.9 Å². The van der Waals surface area contributed by atoms with Crippen molar-refractivity contribution < 1.29 is 0 Å². The molecule has 0 spiro atoms. The Morgan fingerprint density at radius 2 is 2.33 bits per heavy atom. The van der Waals surface area contributed by atoms with Gasteiger partial charge in [-0.15, -0.1) is 0 Å². The van der Waals surface area contributed by atoms with E-state index < -0.39 is 0 Å². The summed E-state index contributed by atoms with van der Waals surface area (Å²) in [7, 11) is 0. The zero-order valence-electron chi connectivity index (χ0n) is 5.26. The maximum absolute atomic E-state index is 4.01. The quantitative estimate of drug-likeness (QED) is 0.656. The van der Waals surface area contributed by atoms with Crippen molar-refractivity contribution in [3.8, 4) is 0 Å². The van der Waals surface area contributed by atoms with Gasteiger partial charge in [-0.25, -0.2) is 0 Å². The van der Waals surface area contributed by atoms with Crippen LogP contribution in [0, 0.1) is 0 Å². The van der Waals surface area contributed by atoms with Gasteiger partial charge in [-0.05, 0) is 34.0 Å². The molecule has 0 atom stereocenters. The van der Waals surface area contributed by atoms with Crippen LogP contribution in [-0.2, 0) is 6.42 Å². The summed E-state index contributed by atoms with van der Waals surface area (Å²) < 4.78 is 1.06. The second-order valence-electron chi connectivity index (χ2n) is 1.86. The molecular weight excluding hydrogens is 178 g/mol. The van der Waals surface area contributed by atoms with Crippen molar-refractivity contribution in [3.63, 3.8) is 0 Å².